The molecular weight excluding hydrogens is 274 g/mol. The van der Waals surface area contributed by atoms with E-state index in [0.717, 1.165) is 16.6 Å². The maximum absolute atomic E-state index is 6.16. The SMILES string of the molecule is CCc1nsc(SC(c2ccccc2C)C(C)N)n1. The lowest BCUT2D eigenvalue weighted by atomic mass is 10.0. The first-order valence-electron chi connectivity index (χ1n) is 6.42. The zero-order valence-electron chi connectivity index (χ0n) is 11.5. The molecule has 2 atom stereocenters. The van der Waals surface area contributed by atoms with Crippen LogP contribution >= 0.6 is 23.3 Å². The normalized spacial score (nSPS) is 14.3. The van der Waals surface area contributed by atoms with Crippen molar-refractivity contribution in [2.24, 2.45) is 5.73 Å². The largest absolute Gasteiger partial charge is 0.327 e. The minimum absolute atomic E-state index is 0.0695. The van der Waals surface area contributed by atoms with Crippen LogP contribution in [0, 0.1) is 6.92 Å². The quantitative estimate of drug-likeness (QED) is 0.856. The van der Waals surface area contributed by atoms with Crippen LogP contribution in [0.4, 0.5) is 0 Å². The molecular formula is C14H19N3S2. The lowest BCUT2D eigenvalue weighted by Gasteiger charge is -2.21. The first-order valence-corrected chi connectivity index (χ1v) is 8.07. The highest BCUT2D eigenvalue weighted by atomic mass is 32.2. The minimum Gasteiger partial charge on any atom is -0.327 e. The Morgan fingerprint density at radius 3 is 2.68 bits per heavy atom. The van der Waals surface area contributed by atoms with Gasteiger partial charge in [-0.25, -0.2) is 4.98 Å². The Balaban J connectivity index is 2.24. The van der Waals surface area contributed by atoms with Gasteiger partial charge in [0.15, 0.2) is 4.34 Å². The van der Waals surface area contributed by atoms with Crippen molar-refractivity contribution in [1.29, 1.82) is 0 Å². The molecule has 102 valence electrons. The number of hydrogen-bond donors (Lipinski definition) is 1. The Morgan fingerprint density at radius 2 is 2.11 bits per heavy atom. The monoisotopic (exact) mass is 293 g/mol. The van der Waals surface area contributed by atoms with E-state index in [2.05, 4.69) is 47.5 Å². The van der Waals surface area contributed by atoms with E-state index in [9.17, 15) is 0 Å². The molecule has 0 bridgehead atoms. The second kappa shape index (κ2) is 6.50. The molecule has 2 aromatic rings. The molecule has 2 N–H and O–H groups in total. The van der Waals surface area contributed by atoms with Crippen LogP contribution in [0.15, 0.2) is 28.6 Å². The van der Waals surface area contributed by atoms with Gasteiger partial charge in [-0.2, -0.15) is 4.37 Å². The van der Waals surface area contributed by atoms with Crippen molar-refractivity contribution >= 4 is 23.3 Å². The van der Waals surface area contributed by atoms with Crippen molar-refractivity contribution in [3.8, 4) is 0 Å². The second-order valence-electron chi connectivity index (χ2n) is 4.58. The maximum Gasteiger partial charge on any atom is 0.170 e. The van der Waals surface area contributed by atoms with Crippen molar-refractivity contribution in [3.63, 3.8) is 0 Å². The van der Waals surface area contributed by atoms with Gasteiger partial charge in [-0.1, -0.05) is 43.0 Å². The fraction of sp³-hybridized carbons (Fsp3) is 0.429. The molecule has 0 aliphatic rings. The average molecular weight is 293 g/mol. The molecule has 0 fully saturated rings. The van der Waals surface area contributed by atoms with E-state index in [1.54, 1.807) is 11.8 Å². The minimum atomic E-state index is 0.0695. The molecule has 19 heavy (non-hydrogen) atoms. The number of thioether (sulfide) groups is 1. The molecule has 0 aliphatic carbocycles. The van der Waals surface area contributed by atoms with Crippen LogP contribution in [0.1, 0.15) is 36.0 Å². The smallest absolute Gasteiger partial charge is 0.170 e. The number of nitrogens with zero attached hydrogens (tertiary/aromatic N) is 2. The van der Waals surface area contributed by atoms with Gasteiger partial charge in [-0.05, 0) is 36.5 Å². The summed E-state index contributed by atoms with van der Waals surface area (Å²) in [6.07, 6.45) is 0.879. The van der Waals surface area contributed by atoms with Gasteiger partial charge in [0, 0.05) is 12.5 Å². The van der Waals surface area contributed by atoms with Crippen LogP contribution in [-0.2, 0) is 6.42 Å². The predicted octanol–water partition coefficient (Wildman–Crippen LogP) is 3.59. The maximum atomic E-state index is 6.16. The summed E-state index contributed by atoms with van der Waals surface area (Å²) in [4.78, 5) is 4.52. The lowest BCUT2D eigenvalue weighted by molar-refractivity contribution is 0.717. The fourth-order valence-corrected chi connectivity index (χ4v) is 3.97. The lowest BCUT2D eigenvalue weighted by Crippen LogP contribution is -2.23. The molecule has 3 nitrogen and oxygen atoms in total. The van der Waals surface area contributed by atoms with Crippen LogP contribution in [0.5, 0.6) is 0 Å². The van der Waals surface area contributed by atoms with Crippen molar-refractivity contribution in [3.05, 3.63) is 41.2 Å². The highest BCUT2D eigenvalue weighted by Gasteiger charge is 2.21. The molecule has 2 rings (SSSR count). The molecule has 0 saturated carbocycles. The van der Waals surface area contributed by atoms with Gasteiger partial charge in [0.05, 0.1) is 5.25 Å². The van der Waals surface area contributed by atoms with Gasteiger partial charge in [0.1, 0.15) is 5.82 Å². The van der Waals surface area contributed by atoms with Crippen molar-refractivity contribution in [1.82, 2.24) is 9.36 Å². The summed E-state index contributed by atoms with van der Waals surface area (Å²) in [5.74, 6) is 0.917. The van der Waals surface area contributed by atoms with Crippen molar-refractivity contribution in [2.45, 2.75) is 42.8 Å². The third kappa shape index (κ3) is 3.55. The molecule has 0 spiro atoms. The van der Waals surface area contributed by atoms with E-state index in [1.807, 2.05) is 6.92 Å². The van der Waals surface area contributed by atoms with E-state index >= 15 is 0 Å². The van der Waals surface area contributed by atoms with Crippen LogP contribution in [0.3, 0.4) is 0 Å². The Kier molecular flexibility index (Phi) is 4.96. The van der Waals surface area contributed by atoms with Gasteiger partial charge in [0.25, 0.3) is 0 Å². The van der Waals surface area contributed by atoms with E-state index in [4.69, 9.17) is 5.73 Å². The Labute approximate surface area is 122 Å². The molecule has 0 aliphatic heterocycles. The highest BCUT2D eigenvalue weighted by Crippen LogP contribution is 2.39. The third-order valence-electron chi connectivity index (χ3n) is 2.97. The summed E-state index contributed by atoms with van der Waals surface area (Å²) in [7, 11) is 0. The fourth-order valence-electron chi connectivity index (χ4n) is 1.90. The topological polar surface area (TPSA) is 51.8 Å². The van der Waals surface area contributed by atoms with Crippen LogP contribution < -0.4 is 5.73 Å². The molecule has 1 aromatic heterocycles. The Hall–Kier alpha value is -0.910. The number of nitrogens with two attached hydrogens (primary N) is 1. The number of aryl methyl sites for hydroxylation is 2. The summed E-state index contributed by atoms with van der Waals surface area (Å²) in [6.45, 7) is 6.25. The van der Waals surface area contributed by atoms with Crippen molar-refractivity contribution < 1.29 is 0 Å². The van der Waals surface area contributed by atoms with E-state index in [1.165, 1.54) is 22.7 Å². The molecule has 1 aromatic carbocycles. The summed E-state index contributed by atoms with van der Waals surface area (Å²) in [6, 6.07) is 8.47. The Bertz CT molecular complexity index is 537. The zero-order valence-corrected chi connectivity index (χ0v) is 13.1. The molecule has 0 radical (unpaired) electrons. The van der Waals surface area contributed by atoms with E-state index in [-0.39, 0.29) is 11.3 Å². The molecule has 2 unspecified atom stereocenters. The van der Waals surface area contributed by atoms with Gasteiger partial charge in [-0.15, -0.1) is 0 Å². The molecule has 1 heterocycles. The summed E-state index contributed by atoms with van der Waals surface area (Å²) in [5.41, 5.74) is 8.72. The first-order chi connectivity index (χ1) is 9.11. The van der Waals surface area contributed by atoms with Crippen molar-refractivity contribution in [2.75, 3.05) is 0 Å². The third-order valence-corrected chi connectivity index (χ3v) is 5.26. The predicted molar refractivity (Wildman–Crippen MR) is 82.7 cm³/mol. The zero-order chi connectivity index (χ0) is 13.8. The average Bonchev–Trinajstić information content (AvgIpc) is 2.84. The second-order valence-corrected chi connectivity index (χ2v) is 6.72. The van der Waals surface area contributed by atoms with Crippen LogP contribution in [0.25, 0.3) is 0 Å². The van der Waals surface area contributed by atoms with E-state index in [0.29, 0.717) is 0 Å². The summed E-state index contributed by atoms with van der Waals surface area (Å²) in [5, 5.41) is 0.221. The molecule has 0 saturated heterocycles. The van der Waals surface area contributed by atoms with Crippen LogP contribution in [-0.4, -0.2) is 15.4 Å². The number of aromatic nitrogens is 2. The molecule has 5 heteroatoms. The molecule has 0 amide bonds. The number of rotatable bonds is 5. The van der Waals surface area contributed by atoms with Gasteiger partial charge >= 0.3 is 0 Å². The van der Waals surface area contributed by atoms with Gasteiger partial charge in [0.2, 0.25) is 0 Å². The van der Waals surface area contributed by atoms with Crippen LogP contribution in [0.2, 0.25) is 0 Å². The van der Waals surface area contributed by atoms with Gasteiger partial charge in [-0.3, -0.25) is 0 Å². The van der Waals surface area contributed by atoms with Gasteiger partial charge < -0.3 is 5.73 Å². The summed E-state index contributed by atoms with van der Waals surface area (Å²) >= 11 is 3.19. The summed E-state index contributed by atoms with van der Waals surface area (Å²) < 4.78 is 5.33. The highest BCUT2D eigenvalue weighted by molar-refractivity contribution is 8.01. The Morgan fingerprint density at radius 1 is 1.37 bits per heavy atom. The number of hydrogen-bond acceptors (Lipinski definition) is 5. The standard InChI is InChI=1S/C14H19N3S2/c1-4-12-16-14(19-17-12)18-13(10(3)15)11-8-6-5-7-9(11)2/h5-8,10,13H,4,15H2,1-3H3. The van der Waals surface area contributed by atoms with E-state index < -0.39 is 0 Å². The first kappa shape index (κ1) is 14.5. The number of benzene rings is 1.